The van der Waals surface area contributed by atoms with E-state index in [0.29, 0.717) is 17.2 Å². The van der Waals surface area contributed by atoms with Crippen molar-refractivity contribution in [2.24, 2.45) is 0 Å². The molecule has 6 heteroatoms. The highest BCUT2D eigenvalue weighted by Crippen LogP contribution is 2.34. The Morgan fingerprint density at radius 2 is 2.04 bits per heavy atom. The first-order valence-corrected chi connectivity index (χ1v) is 9.05. The van der Waals surface area contributed by atoms with Crippen LogP contribution in [-0.4, -0.2) is 17.5 Å². The van der Waals surface area contributed by atoms with E-state index in [4.69, 9.17) is 9.15 Å². The van der Waals surface area contributed by atoms with Crippen molar-refractivity contribution in [3.05, 3.63) is 63.6 Å². The largest absolute Gasteiger partial charge is 0.483 e. The van der Waals surface area contributed by atoms with E-state index in [-0.39, 0.29) is 18.1 Å². The maximum absolute atomic E-state index is 12.3. The maximum Gasteiger partial charge on any atom is 0.339 e. The second-order valence-electron chi connectivity index (χ2n) is 6.74. The Balaban J connectivity index is 1.65. The van der Waals surface area contributed by atoms with E-state index in [2.05, 4.69) is 10.3 Å². The van der Waals surface area contributed by atoms with Crippen LogP contribution in [0.4, 0.5) is 5.82 Å². The van der Waals surface area contributed by atoms with E-state index in [1.807, 2.05) is 19.1 Å². The van der Waals surface area contributed by atoms with Crippen LogP contribution in [0, 0.1) is 6.92 Å². The molecule has 0 spiro atoms. The lowest BCUT2D eigenvalue weighted by molar-refractivity contribution is -0.118. The summed E-state index contributed by atoms with van der Waals surface area (Å²) in [6, 6.07) is 9.01. The molecule has 1 aliphatic rings. The third-order valence-electron chi connectivity index (χ3n) is 4.72. The van der Waals surface area contributed by atoms with Gasteiger partial charge < -0.3 is 14.5 Å². The van der Waals surface area contributed by atoms with Crippen molar-refractivity contribution >= 4 is 22.7 Å². The molecule has 1 amide bonds. The fourth-order valence-corrected chi connectivity index (χ4v) is 3.54. The summed E-state index contributed by atoms with van der Waals surface area (Å²) in [6.07, 6.45) is 5.16. The summed E-state index contributed by atoms with van der Waals surface area (Å²) in [5, 5.41) is 3.50. The first-order valence-electron chi connectivity index (χ1n) is 9.05. The molecule has 138 valence electrons. The molecule has 2 heterocycles. The molecule has 2 aromatic heterocycles. The molecule has 4 rings (SSSR count). The van der Waals surface area contributed by atoms with Gasteiger partial charge in [0.2, 0.25) is 0 Å². The molecule has 1 aromatic carbocycles. The minimum atomic E-state index is -0.297. The Labute approximate surface area is 156 Å². The van der Waals surface area contributed by atoms with Gasteiger partial charge in [0.05, 0.1) is 5.39 Å². The fourth-order valence-electron chi connectivity index (χ4n) is 3.54. The van der Waals surface area contributed by atoms with Crippen LogP contribution in [0.2, 0.25) is 0 Å². The Kier molecular flexibility index (Phi) is 4.62. The van der Waals surface area contributed by atoms with E-state index < -0.39 is 0 Å². The number of carbonyl (C=O) groups excluding carboxylic acids is 1. The number of hydrogen-bond acceptors (Lipinski definition) is 5. The molecule has 0 saturated carbocycles. The first-order chi connectivity index (χ1) is 13.1. The first kappa shape index (κ1) is 17.3. The van der Waals surface area contributed by atoms with Gasteiger partial charge in [0, 0.05) is 11.8 Å². The Hall–Kier alpha value is -3.15. The summed E-state index contributed by atoms with van der Waals surface area (Å²) in [5.74, 6) is 0.751. The van der Waals surface area contributed by atoms with Crippen molar-refractivity contribution in [1.29, 1.82) is 0 Å². The lowest BCUT2D eigenvalue weighted by atomic mass is 9.90. The van der Waals surface area contributed by atoms with Crippen LogP contribution >= 0.6 is 0 Å². The molecule has 6 nitrogen and oxygen atoms in total. The van der Waals surface area contributed by atoms with Crippen LogP contribution in [-0.2, 0) is 17.6 Å². The van der Waals surface area contributed by atoms with E-state index in [9.17, 15) is 9.59 Å². The van der Waals surface area contributed by atoms with Crippen molar-refractivity contribution in [2.45, 2.75) is 32.6 Å². The average molecular weight is 364 g/mol. The van der Waals surface area contributed by atoms with Crippen LogP contribution in [0.3, 0.4) is 0 Å². The van der Waals surface area contributed by atoms with E-state index >= 15 is 0 Å². The van der Waals surface area contributed by atoms with Crippen LogP contribution < -0.4 is 15.7 Å². The molecule has 0 saturated heterocycles. The number of anilines is 1. The zero-order valence-corrected chi connectivity index (χ0v) is 15.1. The Morgan fingerprint density at radius 3 is 2.81 bits per heavy atom. The molecule has 27 heavy (non-hydrogen) atoms. The van der Waals surface area contributed by atoms with Crippen molar-refractivity contribution in [3.8, 4) is 5.75 Å². The summed E-state index contributed by atoms with van der Waals surface area (Å²) in [7, 11) is 0. The zero-order valence-electron chi connectivity index (χ0n) is 15.1. The van der Waals surface area contributed by atoms with Crippen LogP contribution in [0.1, 0.15) is 29.5 Å². The van der Waals surface area contributed by atoms with Gasteiger partial charge in [0.25, 0.3) is 5.91 Å². The third-order valence-corrected chi connectivity index (χ3v) is 4.72. The topological polar surface area (TPSA) is 81.4 Å². The molecule has 0 bridgehead atoms. The predicted molar refractivity (Wildman–Crippen MR) is 102 cm³/mol. The normalized spacial score (nSPS) is 13.2. The van der Waals surface area contributed by atoms with Gasteiger partial charge in [-0.05, 0) is 68.0 Å². The van der Waals surface area contributed by atoms with Gasteiger partial charge in [0.15, 0.2) is 6.61 Å². The Morgan fingerprint density at radius 1 is 1.22 bits per heavy atom. The summed E-state index contributed by atoms with van der Waals surface area (Å²) in [6.45, 7) is 1.75. The molecular weight excluding hydrogens is 344 g/mol. The number of aromatic nitrogens is 1. The number of nitrogens with zero attached hydrogens (tertiary/aromatic N) is 1. The van der Waals surface area contributed by atoms with Gasteiger partial charge in [0.1, 0.15) is 17.2 Å². The molecule has 0 atom stereocenters. The highest BCUT2D eigenvalue weighted by Gasteiger charge is 2.21. The van der Waals surface area contributed by atoms with Gasteiger partial charge in [-0.3, -0.25) is 4.79 Å². The van der Waals surface area contributed by atoms with Crippen molar-refractivity contribution < 1.29 is 13.9 Å². The van der Waals surface area contributed by atoms with Gasteiger partial charge in [-0.15, -0.1) is 0 Å². The summed E-state index contributed by atoms with van der Waals surface area (Å²) < 4.78 is 11.4. The standard InChI is InChI=1S/C21H20N2O4/c1-13-10-16(26-12-19(24)23-18-8-4-5-9-22-18)20-14-6-2-3-7-15(14)21(25)27-17(20)11-13/h4-5,8-11H,2-3,6-7,12H2,1H3,(H,22,23,24). The van der Waals surface area contributed by atoms with E-state index in [0.717, 1.165) is 47.8 Å². The number of rotatable bonds is 4. The van der Waals surface area contributed by atoms with Gasteiger partial charge in [-0.1, -0.05) is 6.07 Å². The third kappa shape index (κ3) is 3.56. The number of aryl methyl sites for hydroxylation is 2. The highest BCUT2D eigenvalue weighted by atomic mass is 16.5. The molecule has 1 N–H and O–H groups in total. The number of hydrogen-bond donors (Lipinski definition) is 1. The number of fused-ring (bicyclic) bond motifs is 3. The van der Waals surface area contributed by atoms with Crippen molar-refractivity contribution in [2.75, 3.05) is 11.9 Å². The van der Waals surface area contributed by atoms with Crippen LogP contribution in [0.5, 0.6) is 5.75 Å². The second-order valence-corrected chi connectivity index (χ2v) is 6.74. The molecule has 0 unspecified atom stereocenters. The second kappa shape index (κ2) is 7.23. The minimum absolute atomic E-state index is 0.150. The fraction of sp³-hybridized carbons (Fsp3) is 0.286. The van der Waals surface area contributed by atoms with Crippen molar-refractivity contribution in [3.63, 3.8) is 0 Å². The number of pyridine rings is 1. The molecular formula is C21H20N2O4. The average Bonchev–Trinajstić information content (AvgIpc) is 2.67. The van der Waals surface area contributed by atoms with E-state index in [1.54, 1.807) is 24.4 Å². The van der Waals surface area contributed by atoms with Gasteiger partial charge >= 0.3 is 5.63 Å². The van der Waals surface area contributed by atoms with Crippen LogP contribution in [0.15, 0.2) is 45.7 Å². The number of benzene rings is 1. The smallest absolute Gasteiger partial charge is 0.339 e. The molecule has 0 radical (unpaired) electrons. The maximum atomic E-state index is 12.3. The van der Waals surface area contributed by atoms with Crippen molar-refractivity contribution in [1.82, 2.24) is 4.98 Å². The van der Waals surface area contributed by atoms with Gasteiger partial charge in [-0.25, -0.2) is 9.78 Å². The summed E-state index contributed by atoms with van der Waals surface area (Å²) in [5.41, 5.74) is 2.89. The number of nitrogens with one attached hydrogen (secondary N) is 1. The highest BCUT2D eigenvalue weighted by molar-refractivity contribution is 5.92. The van der Waals surface area contributed by atoms with Crippen LogP contribution in [0.25, 0.3) is 11.0 Å². The minimum Gasteiger partial charge on any atom is -0.483 e. The predicted octanol–water partition coefficient (Wildman–Crippen LogP) is 3.39. The molecule has 0 fully saturated rings. The lowest BCUT2D eigenvalue weighted by Gasteiger charge is -2.18. The quantitative estimate of drug-likeness (QED) is 0.718. The Bertz CT molecular complexity index is 1060. The SMILES string of the molecule is Cc1cc(OCC(=O)Nc2ccccn2)c2c3c(c(=O)oc2c1)CCCC3. The van der Waals surface area contributed by atoms with E-state index in [1.165, 1.54) is 0 Å². The molecule has 1 aliphatic carbocycles. The number of carbonyl (C=O) groups is 1. The molecule has 0 aliphatic heterocycles. The zero-order chi connectivity index (χ0) is 18.8. The molecule has 3 aromatic rings. The lowest BCUT2D eigenvalue weighted by Crippen LogP contribution is -2.21. The number of ether oxygens (including phenoxy) is 1. The monoisotopic (exact) mass is 364 g/mol. The summed E-state index contributed by atoms with van der Waals surface area (Å²) >= 11 is 0. The summed E-state index contributed by atoms with van der Waals surface area (Å²) in [4.78, 5) is 28.6. The number of amides is 1. The van der Waals surface area contributed by atoms with Gasteiger partial charge in [-0.2, -0.15) is 0 Å².